The summed E-state index contributed by atoms with van der Waals surface area (Å²) in [7, 11) is 0. The van der Waals surface area contributed by atoms with Gasteiger partial charge in [-0.05, 0) is 238 Å². The Morgan fingerprint density at radius 1 is 0.119 bits per heavy atom. The molecule has 16 aromatic rings. The van der Waals surface area contributed by atoms with Gasteiger partial charge in [0.1, 0.15) is 0 Å². The molecule has 0 bridgehead atoms. The standard InChI is InChI=1S/4C18H12.C6H10.2C6H8.C5H8.C5H6.C4H8.C4H6.C4H4.C3H6.C3H4/c1-3-7-16-13(5-1)9-11-15-12-10-14-6-2-4-8-17(14)18(15)16;1-3-7-15-13(5-1)9-11-18-16-8-4-2-6-14(16)10-12-17(15)18;1-2-8-14-13(7-1)15-9-3-4-11-17(15)18-12-6-5-10-16(14)18;1-2-7-15-12-18-16(11-14(15)6-1)10-9-13-5-3-4-8-17(13)18;3*1-2-4-6-5-3-1;2*1-2-4-5-3-1;3*1-2-4-3-1;2*1-2-3-1/h4*1-12H;1-2H,3-6H2;1-2,5-6H,3-4H2;1-4H,5-6H2;1-2H,3-5H2;1-4H,5H2;1-4H2;1-2H,3-4H2;1-4H;1-3H2;1-2H,3H2. The van der Waals surface area contributed by atoms with Crippen molar-refractivity contribution in [2.45, 2.75) is 141 Å². The largest absolute Gasteiger partial charge is 0.0885 e. The molecule has 0 N–H and O–H groups in total. The summed E-state index contributed by atoms with van der Waals surface area (Å²) >= 11 is 0. The lowest BCUT2D eigenvalue weighted by Crippen LogP contribution is -1.85. The van der Waals surface area contributed by atoms with E-state index < -0.39 is 0 Å². The van der Waals surface area contributed by atoms with Gasteiger partial charge in [0.25, 0.3) is 0 Å². The molecule has 16 aromatic carbocycles. The van der Waals surface area contributed by atoms with Gasteiger partial charge >= 0.3 is 0 Å². The van der Waals surface area contributed by atoms with Crippen LogP contribution < -0.4 is 0 Å². The first-order valence-corrected chi connectivity index (χ1v) is 43.8. The smallest absolute Gasteiger partial charge is 0.00268 e. The molecule has 0 unspecified atom stereocenters. The van der Waals surface area contributed by atoms with Gasteiger partial charge in [0.05, 0.1) is 0 Å². The van der Waals surface area contributed by atoms with Crippen LogP contribution in [-0.2, 0) is 0 Å². The van der Waals surface area contributed by atoms with Crippen molar-refractivity contribution in [1.82, 2.24) is 0 Å². The van der Waals surface area contributed by atoms with Crippen LogP contribution in [0.3, 0.4) is 0 Å². The third-order valence-electron chi connectivity index (χ3n) is 21.7. The van der Waals surface area contributed by atoms with Gasteiger partial charge in [0.15, 0.2) is 0 Å². The molecule has 0 heteroatoms. The zero-order valence-corrected chi connectivity index (χ0v) is 69.1. The summed E-state index contributed by atoms with van der Waals surface area (Å²) in [4.78, 5) is 0. The van der Waals surface area contributed by atoms with Crippen molar-refractivity contribution >= 4 is 129 Å². The normalized spacial score (nSPS) is 14.6. The summed E-state index contributed by atoms with van der Waals surface area (Å²) in [5, 5.41) is 31.9. The van der Waals surface area contributed by atoms with Crippen LogP contribution in [0.4, 0.5) is 0 Å². The maximum absolute atomic E-state index is 2.30. The number of rotatable bonds is 0. The Morgan fingerprint density at radius 3 is 0.627 bits per heavy atom. The van der Waals surface area contributed by atoms with Crippen LogP contribution in [0.25, 0.3) is 129 Å². The summed E-state index contributed by atoms with van der Waals surface area (Å²) in [5.41, 5.74) is 0. The fourth-order valence-corrected chi connectivity index (χ4v) is 14.5. The zero-order chi connectivity index (χ0) is 80.3. The highest BCUT2D eigenvalue weighted by Crippen LogP contribution is 2.37. The fourth-order valence-electron chi connectivity index (χ4n) is 14.5. The zero-order valence-electron chi connectivity index (χ0n) is 69.1. The highest BCUT2D eigenvalue weighted by molar-refractivity contribution is 6.25. The van der Waals surface area contributed by atoms with E-state index in [0.717, 1.165) is 19.3 Å². The van der Waals surface area contributed by atoms with Crippen molar-refractivity contribution in [1.29, 1.82) is 0 Å². The summed E-state index contributed by atoms with van der Waals surface area (Å²) in [6.45, 7) is 0. The molecule has 2 saturated carbocycles. The molecular formula is C118H116. The predicted molar refractivity (Wildman–Crippen MR) is 527 cm³/mol. The van der Waals surface area contributed by atoms with Crippen LogP contribution >= 0.6 is 0 Å². The second-order valence-electron chi connectivity index (χ2n) is 30.8. The van der Waals surface area contributed by atoms with Crippen LogP contribution in [0.2, 0.25) is 0 Å². The minimum Gasteiger partial charge on any atom is -0.0885 e. The van der Waals surface area contributed by atoms with Crippen molar-refractivity contribution in [3.63, 3.8) is 0 Å². The molecule has 0 amide bonds. The third kappa shape index (κ3) is 25.8. The van der Waals surface area contributed by atoms with E-state index in [1.54, 1.807) is 0 Å². The van der Waals surface area contributed by atoms with Gasteiger partial charge in [-0.1, -0.05) is 470 Å². The first-order valence-electron chi connectivity index (χ1n) is 43.8. The Labute approximate surface area is 702 Å². The molecule has 10 aliphatic rings. The van der Waals surface area contributed by atoms with Gasteiger partial charge in [-0.2, -0.15) is 0 Å². The van der Waals surface area contributed by atoms with Crippen molar-refractivity contribution in [3.05, 3.63) is 437 Å². The first-order chi connectivity index (χ1) is 58.7. The Balaban J connectivity index is 0.000000116. The molecule has 118 heavy (non-hydrogen) atoms. The van der Waals surface area contributed by atoms with Crippen molar-refractivity contribution in [2.24, 2.45) is 0 Å². The summed E-state index contributed by atoms with van der Waals surface area (Å²) in [6.07, 6.45) is 81.0. The van der Waals surface area contributed by atoms with E-state index in [2.05, 4.69) is 413 Å². The molecule has 0 aliphatic heterocycles. The number of hydrogen-bond acceptors (Lipinski definition) is 0. The minimum absolute atomic E-state index is 1.14. The van der Waals surface area contributed by atoms with Gasteiger partial charge in [-0.3, -0.25) is 0 Å². The first kappa shape index (κ1) is 83.5. The minimum atomic E-state index is 1.14. The Kier molecular flexibility index (Phi) is 33.6. The van der Waals surface area contributed by atoms with E-state index in [1.165, 1.54) is 251 Å². The quantitative estimate of drug-likeness (QED) is 0.0806. The highest BCUT2D eigenvalue weighted by Gasteiger charge is 2.09. The van der Waals surface area contributed by atoms with E-state index in [1.807, 2.05) is 24.3 Å². The van der Waals surface area contributed by atoms with E-state index in [-0.39, 0.29) is 0 Å². The van der Waals surface area contributed by atoms with Crippen molar-refractivity contribution in [2.75, 3.05) is 0 Å². The average Bonchev–Trinajstić information content (AvgIpc) is 1.08. The molecule has 0 nitrogen and oxygen atoms in total. The lowest BCUT2D eigenvalue weighted by Gasteiger charge is -2.09. The molecule has 2 fully saturated rings. The summed E-state index contributed by atoms with van der Waals surface area (Å²) in [5.74, 6) is 0. The summed E-state index contributed by atoms with van der Waals surface area (Å²) in [6, 6.07) is 104. The molecular weight excluding hydrogens is 1420 g/mol. The maximum atomic E-state index is 2.30. The monoisotopic (exact) mass is 1530 g/mol. The average molecular weight is 1530 g/mol. The maximum Gasteiger partial charge on any atom is -0.00268 e. The number of fused-ring (bicyclic) bond motifs is 20. The molecule has 0 atom stereocenters. The predicted octanol–water partition coefficient (Wildman–Crippen LogP) is 35.8. The van der Waals surface area contributed by atoms with Gasteiger partial charge in [-0.15, -0.1) is 0 Å². The highest BCUT2D eigenvalue weighted by atomic mass is 14.1. The van der Waals surface area contributed by atoms with Gasteiger partial charge in [0.2, 0.25) is 0 Å². The molecule has 26 rings (SSSR count). The molecule has 0 radical (unpaired) electrons. The number of allylic oxidation sites excluding steroid dienone is 24. The van der Waals surface area contributed by atoms with E-state index in [4.69, 9.17) is 0 Å². The molecule has 0 spiro atoms. The van der Waals surface area contributed by atoms with Gasteiger partial charge < -0.3 is 0 Å². The lowest BCUT2D eigenvalue weighted by atomic mass is 9.95. The van der Waals surface area contributed by atoms with Crippen LogP contribution in [0, 0.1) is 0 Å². The lowest BCUT2D eigenvalue weighted by molar-refractivity contribution is 0.504. The van der Waals surface area contributed by atoms with E-state index in [9.17, 15) is 0 Å². The molecule has 0 saturated heterocycles. The van der Waals surface area contributed by atoms with Crippen molar-refractivity contribution in [3.8, 4) is 0 Å². The van der Waals surface area contributed by atoms with Crippen LogP contribution in [0.1, 0.15) is 141 Å². The molecule has 0 aromatic heterocycles. The van der Waals surface area contributed by atoms with Crippen molar-refractivity contribution < 1.29 is 0 Å². The summed E-state index contributed by atoms with van der Waals surface area (Å²) < 4.78 is 0. The van der Waals surface area contributed by atoms with E-state index in [0.29, 0.717) is 0 Å². The Bertz CT molecular complexity index is 5690. The van der Waals surface area contributed by atoms with E-state index >= 15 is 0 Å². The van der Waals surface area contributed by atoms with Gasteiger partial charge in [0, 0.05) is 0 Å². The molecule has 0 heterocycles. The molecule has 588 valence electrons. The number of hydrogen-bond donors (Lipinski definition) is 0. The van der Waals surface area contributed by atoms with Crippen LogP contribution in [0.5, 0.6) is 0 Å². The number of benzene rings is 16. The second kappa shape index (κ2) is 47.5. The van der Waals surface area contributed by atoms with Gasteiger partial charge in [-0.25, -0.2) is 0 Å². The van der Waals surface area contributed by atoms with Crippen LogP contribution in [-0.4, -0.2) is 0 Å². The fraction of sp³-hybridized carbons (Fsp3) is 0.186. The topological polar surface area (TPSA) is 0 Å². The second-order valence-corrected chi connectivity index (χ2v) is 30.8. The van der Waals surface area contributed by atoms with Crippen LogP contribution in [0.15, 0.2) is 437 Å². The Hall–Kier alpha value is -12.5. The Morgan fingerprint density at radius 2 is 0.356 bits per heavy atom. The SMILES string of the molecule is C1=CC1.C1=CC=C1.C1=CCC1.C1=CCC=C1.C1=CCC=CC1.C1=CCCC1.C1=CCCC=C1.C1=CCCCC1.C1CC1.C1CCC1.c1ccc2c(c1)c1ccccc1c1ccccc21.c1ccc2c(c1)ccc1c3ccccc3ccc21.c1ccc2c(c1)ccc1ccc3ccccc3c12.c1ccc2cc3c(ccc4ccccc43)cc2c1. The molecule has 10 aliphatic carbocycles. The third-order valence-corrected chi connectivity index (χ3v) is 21.7.